The molecule has 0 spiro atoms. The fourth-order valence-corrected chi connectivity index (χ4v) is 2.22. The number of hydrogen-bond donors (Lipinski definition) is 1. The van der Waals surface area contributed by atoms with Crippen LogP contribution in [0.5, 0.6) is 0 Å². The third-order valence-corrected chi connectivity index (χ3v) is 3.09. The van der Waals surface area contributed by atoms with E-state index in [1.165, 1.54) is 0 Å². The molecule has 0 bridgehead atoms. The van der Waals surface area contributed by atoms with E-state index in [-0.39, 0.29) is 0 Å². The van der Waals surface area contributed by atoms with Gasteiger partial charge in [0, 0.05) is 12.7 Å². The van der Waals surface area contributed by atoms with Gasteiger partial charge in [0.15, 0.2) is 5.82 Å². The Bertz CT molecular complexity index is 722. The van der Waals surface area contributed by atoms with Crippen molar-refractivity contribution in [3.8, 4) is 5.82 Å². The van der Waals surface area contributed by atoms with Gasteiger partial charge in [0.25, 0.3) is 0 Å². The highest BCUT2D eigenvalue weighted by atomic mass is 35.5. The molecule has 5 nitrogen and oxygen atoms in total. The molecule has 3 aromatic rings. The molecular weight excluding hydrogens is 262 g/mol. The van der Waals surface area contributed by atoms with Crippen LogP contribution < -0.4 is 5.32 Å². The van der Waals surface area contributed by atoms with Gasteiger partial charge in [-0.25, -0.2) is 4.98 Å². The van der Waals surface area contributed by atoms with Crippen LogP contribution in [0, 0.1) is 0 Å². The van der Waals surface area contributed by atoms with Gasteiger partial charge >= 0.3 is 0 Å². The number of halogens is 1. The Kier molecular flexibility index (Phi) is 3.15. The standard InChI is InChI=1S/C13H12ClN5/c1-15-7-9-6-10(14)13(16-8-9)19-12-5-3-2-4-11(12)17-18-19/h2-6,8,15H,7H2,1H3. The van der Waals surface area contributed by atoms with Gasteiger partial charge in [-0.15, -0.1) is 5.10 Å². The molecular formula is C13H12ClN5. The van der Waals surface area contributed by atoms with Gasteiger partial charge < -0.3 is 5.32 Å². The van der Waals surface area contributed by atoms with Crippen molar-refractivity contribution in [2.75, 3.05) is 7.05 Å². The summed E-state index contributed by atoms with van der Waals surface area (Å²) in [6, 6.07) is 9.59. The number of rotatable bonds is 3. The molecule has 0 aliphatic rings. The number of nitrogens with zero attached hydrogens (tertiary/aromatic N) is 4. The van der Waals surface area contributed by atoms with E-state index in [0.717, 1.165) is 23.1 Å². The Morgan fingerprint density at radius 3 is 2.95 bits per heavy atom. The summed E-state index contributed by atoms with van der Waals surface area (Å²) in [5.74, 6) is 0.593. The first-order valence-corrected chi connectivity index (χ1v) is 6.27. The molecule has 3 rings (SSSR count). The van der Waals surface area contributed by atoms with Crippen LogP contribution in [0.4, 0.5) is 0 Å². The summed E-state index contributed by atoms with van der Waals surface area (Å²) >= 11 is 6.28. The van der Waals surface area contributed by atoms with E-state index < -0.39 is 0 Å². The van der Waals surface area contributed by atoms with Gasteiger partial charge in [-0.05, 0) is 30.8 Å². The second kappa shape index (κ2) is 4.95. The molecule has 19 heavy (non-hydrogen) atoms. The topological polar surface area (TPSA) is 55.6 Å². The number of benzene rings is 1. The largest absolute Gasteiger partial charge is 0.316 e. The SMILES string of the molecule is CNCc1cnc(-n2nnc3ccccc32)c(Cl)c1. The summed E-state index contributed by atoms with van der Waals surface area (Å²) < 4.78 is 1.65. The average molecular weight is 274 g/mol. The smallest absolute Gasteiger partial charge is 0.174 e. The van der Waals surface area contributed by atoms with E-state index in [4.69, 9.17) is 11.6 Å². The molecule has 2 aromatic heterocycles. The Hall–Kier alpha value is -1.98. The summed E-state index contributed by atoms with van der Waals surface area (Å²) in [5, 5.41) is 11.8. The zero-order chi connectivity index (χ0) is 13.2. The van der Waals surface area contributed by atoms with E-state index in [1.54, 1.807) is 10.9 Å². The highest BCUT2D eigenvalue weighted by molar-refractivity contribution is 6.32. The predicted octanol–water partition coefficient (Wildman–Crippen LogP) is 2.19. The van der Waals surface area contributed by atoms with Gasteiger partial charge in [0.2, 0.25) is 0 Å². The maximum Gasteiger partial charge on any atom is 0.174 e. The van der Waals surface area contributed by atoms with Crippen LogP contribution in [0.15, 0.2) is 36.5 Å². The third kappa shape index (κ3) is 2.18. The summed E-state index contributed by atoms with van der Waals surface area (Å²) in [7, 11) is 1.88. The van der Waals surface area contributed by atoms with Crippen molar-refractivity contribution >= 4 is 22.6 Å². The lowest BCUT2D eigenvalue weighted by atomic mass is 10.2. The molecule has 0 aliphatic carbocycles. The lowest BCUT2D eigenvalue weighted by Crippen LogP contribution is -2.07. The summed E-state index contributed by atoms with van der Waals surface area (Å²) in [6.07, 6.45) is 1.79. The van der Waals surface area contributed by atoms with E-state index in [2.05, 4.69) is 20.6 Å². The highest BCUT2D eigenvalue weighted by Gasteiger charge is 2.11. The molecule has 2 heterocycles. The minimum absolute atomic E-state index is 0.559. The Morgan fingerprint density at radius 2 is 2.16 bits per heavy atom. The summed E-state index contributed by atoms with van der Waals surface area (Å²) in [5.41, 5.74) is 2.73. The summed E-state index contributed by atoms with van der Waals surface area (Å²) in [4.78, 5) is 4.38. The molecule has 0 saturated heterocycles. The fourth-order valence-electron chi connectivity index (χ4n) is 1.95. The van der Waals surface area contributed by atoms with Crippen molar-refractivity contribution < 1.29 is 0 Å². The van der Waals surface area contributed by atoms with E-state index in [1.807, 2.05) is 37.4 Å². The maximum atomic E-state index is 6.28. The van der Waals surface area contributed by atoms with E-state index >= 15 is 0 Å². The third-order valence-electron chi connectivity index (χ3n) is 2.81. The molecule has 0 amide bonds. The van der Waals surface area contributed by atoms with Gasteiger partial charge in [0.1, 0.15) is 5.52 Å². The number of nitrogens with one attached hydrogen (secondary N) is 1. The van der Waals surface area contributed by atoms with Crippen molar-refractivity contribution in [1.29, 1.82) is 0 Å². The van der Waals surface area contributed by atoms with Crippen molar-refractivity contribution in [2.24, 2.45) is 0 Å². The quantitative estimate of drug-likeness (QED) is 0.795. The fraction of sp³-hybridized carbons (Fsp3) is 0.154. The first kappa shape index (κ1) is 12.1. The highest BCUT2D eigenvalue weighted by Crippen LogP contribution is 2.22. The van der Waals surface area contributed by atoms with Crippen molar-refractivity contribution in [2.45, 2.75) is 6.54 Å². The number of pyridine rings is 1. The number of fused-ring (bicyclic) bond motifs is 1. The second-order valence-electron chi connectivity index (χ2n) is 4.17. The molecule has 0 saturated carbocycles. The Morgan fingerprint density at radius 1 is 1.32 bits per heavy atom. The van der Waals surface area contributed by atoms with Gasteiger partial charge in [0.05, 0.1) is 10.5 Å². The molecule has 6 heteroatoms. The van der Waals surface area contributed by atoms with E-state index in [0.29, 0.717) is 10.8 Å². The number of aromatic nitrogens is 4. The Labute approximate surface area is 115 Å². The van der Waals surface area contributed by atoms with Crippen molar-refractivity contribution in [1.82, 2.24) is 25.3 Å². The summed E-state index contributed by atoms with van der Waals surface area (Å²) in [6.45, 7) is 0.727. The van der Waals surface area contributed by atoms with Crippen LogP contribution in [0.1, 0.15) is 5.56 Å². The van der Waals surface area contributed by atoms with Crippen LogP contribution in [0.25, 0.3) is 16.9 Å². The van der Waals surface area contributed by atoms with Crippen LogP contribution in [-0.2, 0) is 6.54 Å². The first-order valence-electron chi connectivity index (χ1n) is 5.89. The molecule has 1 aromatic carbocycles. The molecule has 96 valence electrons. The molecule has 0 unspecified atom stereocenters. The monoisotopic (exact) mass is 273 g/mol. The zero-order valence-corrected chi connectivity index (χ0v) is 11.1. The molecule has 0 atom stereocenters. The minimum Gasteiger partial charge on any atom is -0.316 e. The minimum atomic E-state index is 0.559. The average Bonchev–Trinajstić information content (AvgIpc) is 2.83. The molecule has 0 radical (unpaired) electrons. The maximum absolute atomic E-state index is 6.28. The number of hydrogen-bond acceptors (Lipinski definition) is 4. The van der Waals surface area contributed by atoms with E-state index in [9.17, 15) is 0 Å². The van der Waals surface area contributed by atoms with Crippen LogP contribution in [0.3, 0.4) is 0 Å². The molecule has 1 N–H and O–H groups in total. The van der Waals surface area contributed by atoms with Crippen molar-refractivity contribution in [3.05, 3.63) is 47.1 Å². The second-order valence-corrected chi connectivity index (χ2v) is 4.58. The lowest BCUT2D eigenvalue weighted by molar-refractivity contribution is 0.786. The van der Waals surface area contributed by atoms with Crippen LogP contribution >= 0.6 is 11.6 Å². The van der Waals surface area contributed by atoms with Gasteiger partial charge in [-0.1, -0.05) is 28.9 Å². The Balaban J connectivity index is 2.11. The van der Waals surface area contributed by atoms with Crippen LogP contribution in [0.2, 0.25) is 5.02 Å². The first-order chi connectivity index (χ1) is 9.29. The number of para-hydroxylation sites is 1. The lowest BCUT2D eigenvalue weighted by Gasteiger charge is -2.06. The predicted molar refractivity (Wildman–Crippen MR) is 74.4 cm³/mol. The van der Waals surface area contributed by atoms with Crippen molar-refractivity contribution in [3.63, 3.8) is 0 Å². The molecule has 0 aliphatic heterocycles. The zero-order valence-electron chi connectivity index (χ0n) is 10.3. The molecule has 0 fully saturated rings. The van der Waals surface area contributed by atoms with Gasteiger partial charge in [-0.3, -0.25) is 0 Å². The van der Waals surface area contributed by atoms with Crippen LogP contribution in [-0.4, -0.2) is 27.0 Å². The normalized spacial score (nSPS) is 11.1. The van der Waals surface area contributed by atoms with Gasteiger partial charge in [-0.2, -0.15) is 4.68 Å².